The van der Waals surface area contributed by atoms with Gasteiger partial charge in [-0.05, 0) is 41.0 Å². The van der Waals surface area contributed by atoms with Gasteiger partial charge in [0, 0.05) is 13.1 Å². The predicted octanol–water partition coefficient (Wildman–Crippen LogP) is 2.01. The molecular weight excluding hydrogens is 320 g/mol. The molecule has 6 nitrogen and oxygen atoms in total. The van der Waals surface area contributed by atoms with Crippen molar-refractivity contribution in [2.24, 2.45) is 0 Å². The summed E-state index contributed by atoms with van der Waals surface area (Å²) >= 11 is 0. The Morgan fingerprint density at radius 1 is 1.08 bits per heavy atom. The maximum atomic E-state index is 11.9. The van der Waals surface area contributed by atoms with E-state index >= 15 is 0 Å². The highest BCUT2D eigenvalue weighted by atomic mass is 16.5. The van der Waals surface area contributed by atoms with Gasteiger partial charge >= 0.3 is 0 Å². The minimum absolute atomic E-state index is 0.258. The van der Waals surface area contributed by atoms with Crippen LogP contribution in [0.15, 0.2) is 48.5 Å². The van der Waals surface area contributed by atoms with Crippen molar-refractivity contribution in [3.63, 3.8) is 0 Å². The zero-order valence-corrected chi connectivity index (χ0v) is 13.8. The van der Waals surface area contributed by atoms with Crippen molar-refractivity contribution in [3.8, 4) is 5.75 Å². The maximum absolute atomic E-state index is 11.9. The highest BCUT2D eigenvalue weighted by molar-refractivity contribution is 6.51. The molecule has 0 saturated carbocycles. The molecule has 25 heavy (non-hydrogen) atoms. The van der Waals surface area contributed by atoms with Gasteiger partial charge in [0.05, 0.1) is 18.4 Å². The topological polar surface area (TPSA) is 84.5 Å². The lowest BCUT2D eigenvalue weighted by Crippen LogP contribution is -2.15. The highest BCUT2D eigenvalue weighted by Crippen LogP contribution is 2.31. The number of ether oxygens (including phenoxy) is 1. The quantitative estimate of drug-likeness (QED) is 0.661. The Labute approximate surface area is 144 Å². The summed E-state index contributed by atoms with van der Waals surface area (Å²) in [6.07, 6.45) is 1.47. The van der Waals surface area contributed by atoms with Crippen LogP contribution in [0.5, 0.6) is 5.75 Å². The van der Waals surface area contributed by atoms with Gasteiger partial charge in [-0.1, -0.05) is 18.2 Å². The fraction of sp³-hybridized carbons (Fsp3) is 0.105. The maximum Gasteiger partial charge on any atom is 0.296 e. The van der Waals surface area contributed by atoms with Crippen LogP contribution in [0.25, 0.3) is 5.57 Å². The Balaban J connectivity index is 2.08. The van der Waals surface area contributed by atoms with Gasteiger partial charge in [0.15, 0.2) is 0 Å². The SMILES string of the molecule is CNC(=O)C=C(c1ccc(OC)cc1)c1ccc2c(c1)NC(=O)C2=O. The Hall–Kier alpha value is -3.41. The second-order valence-corrected chi connectivity index (χ2v) is 5.44. The number of rotatable bonds is 4. The van der Waals surface area contributed by atoms with Crippen LogP contribution >= 0.6 is 0 Å². The summed E-state index contributed by atoms with van der Waals surface area (Å²) in [5.74, 6) is -0.752. The van der Waals surface area contributed by atoms with Crippen LogP contribution in [-0.4, -0.2) is 31.8 Å². The monoisotopic (exact) mass is 336 g/mol. The van der Waals surface area contributed by atoms with E-state index in [9.17, 15) is 14.4 Å². The molecule has 126 valence electrons. The molecule has 3 rings (SSSR count). The first kappa shape index (κ1) is 16.4. The highest BCUT2D eigenvalue weighted by Gasteiger charge is 2.28. The summed E-state index contributed by atoms with van der Waals surface area (Å²) in [7, 11) is 3.13. The van der Waals surface area contributed by atoms with Gasteiger partial charge in [-0.25, -0.2) is 0 Å². The number of hydrogen-bond donors (Lipinski definition) is 2. The van der Waals surface area contributed by atoms with E-state index in [0.29, 0.717) is 28.1 Å². The number of nitrogens with one attached hydrogen (secondary N) is 2. The number of anilines is 1. The average Bonchev–Trinajstić information content (AvgIpc) is 2.93. The smallest absolute Gasteiger partial charge is 0.296 e. The number of carbonyl (C=O) groups is 3. The van der Waals surface area contributed by atoms with Crippen molar-refractivity contribution in [3.05, 3.63) is 65.2 Å². The minimum Gasteiger partial charge on any atom is -0.497 e. The molecule has 2 amide bonds. The lowest BCUT2D eigenvalue weighted by molar-refractivity contribution is -0.116. The third-order valence-electron chi connectivity index (χ3n) is 3.95. The number of likely N-dealkylation sites (N-methyl/N-ethyl adjacent to an activating group) is 1. The minimum atomic E-state index is -0.645. The molecule has 0 unspecified atom stereocenters. The van der Waals surface area contributed by atoms with Crippen molar-refractivity contribution in [2.75, 3.05) is 19.5 Å². The summed E-state index contributed by atoms with van der Waals surface area (Å²) in [5.41, 5.74) is 2.97. The Bertz CT molecular complexity index is 898. The molecule has 0 radical (unpaired) electrons. The zero-order valence-electron chi connectivity index (χ0n) is 13.8. The van der Waals surface area contributed by atoms with Crippen LogP contribution in [0.3, 0.4) is 0 Å². The molecule has 2 aromatic rings. The number of amides is 2. The molecule has 1 aliphatic rings. The van der Waals surface area contributed by atoms with E-state index in [1.54, 1.807) is 44.5 Å². The number of Topliss-reactive ketones (excluding diaryl/α,β-unsaturated/α-hetero) is 1. The van der Waals surface area contributed by atoms with E-state index in [1.807, 2.05) is 12.1 Å². The predicted molar refractivity (Wildman–Crippen MR) is 93.5 cm³/mol. The van der Waals surface area contributed by atoms with Gasteiger partial charge in [-0.15, -0.1) is 0 Å². The number of hydrogen-bond acceptors (Lipinski definition) is 4. The Kier molecular flexibility index (Phi) is 4.35. The van der Waals surface area contributed by atoms with Gasteiger partial charge in [0.2, 0.25) is 5.91 Å². The molecule has 6 heteroatoms. The number of benzene rings is 2. The van der Waals surface area contributed by atoms with Crippen molar-refractivity contribution in [1.29, 1.82) is 0 Å². The van der Waals surface area contributed by atoms with E-state index in [4.69, 9.17) is 4.74 Å². The van der Waals surface area contributed by atoms with Crippen molar-refractivity contribution in [2.45, 2.75) is 0 Å². The standard InChI is InChI=1S/C19H16N2O4/c1-20-17(22)10-15(11-3-6-13(25-2)7-4-11)12-5-8-14-16(9-12)21-19(24)18(14)23/h3-10H,1-2H3,(H,20,22)(H,21,23,24). The van der Waals surface area contributed by atoms with Crippen LogP contribution in [0.2, 0.25) is 0 Å². The number of carbonyl (C=O) groups excluding carboxylic acids is 3. The van der Waals surface area contributed by atoms with Crippen LogP contribution in [-0.2, 0) is 9.59 Å². The Morgan fingerprint density at radius 2 is 1.76 bits per heavy atom. The summed E-state index contributed by atoms with van der Waals surface area (Å²) in [5, 5.41) is 5.10. The molecule has 1 heterocycles. The third kappa shape index (κ3) is 3.14. The normalized spacial score (nSPS) is 13.3. The van der Waals surface area contributed by atoms with Crippen molar-refractivity contribution >= 4 is 28.9 Å². The summed E-state index contributed by atoms with van der Waals surface area (Å²) < 4.78 is 5.16. The van der Waals surface area contributed by atoms with Crippen molar-refractivity contribution < 1.29 is 19.1 Å². The molecule has 0 atom stereocenters. The molecule has 0 aliphatic carbocycles. The summed E-state index contributed by atoms with van der Waals surface area (Å²) in [6, 6.07) is 12.3. The largest absolute Gasteiger partial charge is 0.497 e. The average molecular weight is 336 g/mol. The van der Waals surface area contributed by atoms with E-state index < -0.39 is 11.7 Å². The molecule has 0 spiro atoms. The third-order valence-corrected chi connectivity index (χ3v) is 3.95. The molecule has 1 aliphatic heterocycles. The lowest BCUT2D eigenvalue weighted by Gasteiger charge is -2.11. The van der Waals surface area contributed by atoms with Crippen molar-refractivity contribution in [1.82, 2.24) is 5.32 Å². The first-order valence-corrected chi connectivity index (χ1v) is 7.61. The molecule has 0 saturated heterocycles. The van der Waals surface area contributed by atoms with Crippen LogP contribution in [0.4, 0.5) is 5.69 Å². The van der Waals surface area contributed by atoms with E-state index in [0.717, 1.165) is 5.56 Å². The fourth-order valence-corrected chi connectivity index (χ4v) is 2.62. The molecular formula is C19H16N2O4. The summed E-state index contributed by atoms with van der Waals surface area (Å²) in [6.45, 7) is 0. The van der Waals surface area contributed by atoms with Crippen LogP contribution in [0.1, 0.15) is 21.5 Å². The van der Waals surface area contributed by atoms with Gasteiger partial charge in [0.1, 0.15) is 5.75 Å². The van der Waals surface area contributed by atoms with E-state index in [2.05, 4.69) is 10.6 Å². The second-order valence-electron chi connectivity index (χ2n) is 5.44. The molecule has 0 fully saturated rings. The number of fused-ring (bicyclic) bond motifs is 1. The van der Waals surface area contributed by atoms with Crippen LogP contribution in [0, 0.1) is 0 Å². The fourth-order valence-electron chi connectivity index (χ4n) is 2.62. The lowest BCUT2D eigenvalue weighted by atomic mass is 9.95. The molecule has 2 aromatic carbocycles. The van der Waals surface area contributed by atoms with Gasteiger partial charge in [-0.2, -0.15) is 0 Å². The van der Waals surface area contributed by atoms with E-state index in [-0.39, 0.29) is 5.91 Å². The molecule has 2 N–H and O–H groups in total. The first-order chi connectivity index (χ1) is 12.0. The molecule has 0 bridgehead atoms. The zero-order chi connectivity index (χ0) is 18.0. The first-order valence-electron chi connectivity index (χ1n) is 7.61. The van der Waals surface area contributed by atoms with Crippen LogP contribution < -0.4 is 15.4 Å². The summed E-state index contributed by atoms with van der Waals surface area (Å²) in [4.78, 5) is 35.2. The number of ketones is 1. The van der Waals surface area contributed by atoms with Gasteiger partial charge < -0.3 is 15.4 Å². The number of methoxy groups -OCH3 is 1. The Morgan fingerprint density at radius 3 is 2.40 bits per heavy atom. The van der Waals surface area contributed by atoms with E-state index in [1.165, 1.54) is 6.08 Å². The second kappa shape index (κ2) is 6.60. The van der Waals surface area contributed by atoms with Gasteiger partial charge in [-0.3, -0.25) is 14.4 Å². The van der Waals surface area contributed by atoms with Gasteiger partial charge in [0.25, 0.3) is 11.7 Å². The molecule has 0 aromatic heterocycles.